The maximum atomic E-state index is 12.4. The molecule has 1 aliphatic rings. The Morgan fingerprint density at radius 3 is 2.92 bits per heavy atom. The molecule has 1 aliphatic heterocycles. The van der Waals surface area contributed by atoms with Crippen LogP contribution in [0.3, 0.4) is 0 Å². The fourth-order valence-corrected chi connectivity index (χ4v) is 3.20. The molecule has 1 aromatic heterocycles. The molecule has 0 bridgehead atoms. The van der Waals surface area contributed by atoms with Crippen LogP contribution in [0.2, 0.25) is 0 Å². The number of rotatable bonds is 4. The van der Waals surface area contributed by atoms with Crippen LogP contribution in [0.4, 0.5) is 0 Å². The Morgan fingerprint density at radius 2 is 2.08 bits per heavy atom. The minimum Gasteiger partial charge on any atom is -0.497 e. The number of methoxy groups -OCH3 is 1. The summed E-state index contributed by atoms with van der Waals surface area (Å²) in [6, 6.07) is 15.8. The molecule has 0 spiro atoms. The molecule has 25 heavy (non-hydrogen) atoms. The molecular formula is C20H20N2O3. The first-order valence-corrected chi connectivity index (χ1v) is 8.36. The van der Waals surface area contributed by atoms with Gasteiger partial charge in [0.1, 0.15) is 11.4 Å². The van der Waals surface area contributed by atoms with Crippen molar-refractivity contribution in [1.82, 2.24) is 10.3 Å². The van der Waals surface area contributed by atoms with E-state index in [1.165, 1.54) is 11.1 Å². The summed E-state index contributed by atoms with van der Waals surface area (Å²) in [5.74, 6) is 0.633. The average Bonchev–Trinajstić information content (AvgIpc) is 3.09. The molecule has 1 amide bonds. The highest BCUT2D eigenvalue weighted by molar-refractivity contribution is 5.98. The van der Waals surface area contributed by atoms with E-state index in [9.17, 15) is 4.79 Å². The van der Waals surface area contributed by atoms with E-state index >= 15 is 0 Å². The minimum atomic E-state index is -0.127. The van der Waals surface area contributed by atoms with Gasteiger partial charge in [-0.25, -0.2) is 0 Å². The molecule has 4 rings (SSSR count). The van der Waals surface area contributed by atoms with Gasteiger partial charge in [0.05, 0.1) is 19.8 Å². The Balaban J connectivity index is 1.41. The maximum Gasteiger partial charge on any atom is 0.267 e. The van der Waals surface area contributed by atoms with Gasteiger partial charge in [-0.1, -0.05) is 24.3 Å². The Bertz CT molecular complexity index is 916. The van der Waals surface area contributed by atoms with Gasteiger partial charge in [-0.15, -0.1) is 0 Å². The topological polar surface area (TPSA) is 63.4 Å². The van der Waals surface area contributed by atoms with E-state index in [4.69, 9.17) is 9.47 Å². The highest BCUT2D eigenvalue weighted by Crippen LogP contribution is 2.22. The fraction of sp³-hybridized carbons (Fsp3) is 0.250. The zero-order valence-corrected chi connectivity index (χ0v) is 14.0. The number of aromatic amines is 1. The van der Waals surface area contributed by atoms with E-state index < -0.39 is 0 Å². The standard InChI is InChI=1S/C20H20N2O3/c1-24-16-7-6-14-9-19(22-18(14)10-16)20(23)21-11-17-8-13-4-2-3-5-15(13)12-25-17/h2-7,9-10,17,22H,8,11-12H2,1H3,(H,21,23). The van der Waals surface area contributed by atoms with E-state index in [1.807, 2.05) is 36.4 Å². The minimum absolute atomic E-state index is 0.00308. The molecule has 5 nitrogen and oxygen atoms in total. The highest BCUT2D eigenvalue weighted by Gasteiger charge is 2.20. The number of hydrogen-bond donors (Lipinski definition) is 2. The van der Waals surface area contributed by atoms with Crippen molar-refractivity contribution in [2.75, 3.05) is 13.7 Å². The van der Waals surface area contributed by atoms with Crippen LogP contribution in [0.15, 0.2) is 48.5 Å². The largest absolute Gasteiger partial charge is 0.497 e. The van der Waals surface area contributed by atoms with E-state index in [0.29, 0.717) is 18.8 Å². The number of fused-ring (bicyclic) bond motifs is 2. The fourth-order valence-electron chi connectivity index (χ4n) is 3.20. The van der Waals surface area contributed by atoms with Crippen molar-refractivity contribution in [3.8, 4) is 5.75 Å². The van der Waals surface area contributed by atoms with E-state index in [2.05, 4.69) is 22.4 Å². The second-order valence-corrected chi connectivity index (χ2v) is 6.25. The number of benzene rings is 2. The number of nitrogens with one attached hydrogen (secondary N) is 2. The van der Waals surface area contributed by atoms with Gasteiger partial charge in [0.15, 0.2) is 0 Å². The molecule has 0 aliphatic carbocycles. The average molecular weight is 336 g/mol. The molecule has 0 saturated heterocycles. The normalized spacial score (nSPS) is 16.4. The van der Waals surface area contributed by atoms with Gasteiger partial charge >= 0.3 is 0 Å². The van der Waals surface area contributed by atoms with Crippen LogP contribution >= 0.6 is 0 Å². The quantitative estimate of drug-likeness (QED) is 0.770. The molecule has 5 heteroatoms. The van der Waals surface area contributed by atoms with Crippen molar-refractivity contribution in [2.24, 2.45) is 0 Å². The highest BCUT2D eigenvalue weighted by atomic mass is 16.5. The lowest BCUT2D eigenvalue weighted by Crippen LogP contribution is -2.36. The summed E-state index contributed by atoms with van der Waals surface area (Å²) in [5, 5.41) is 3.94. The molecule has 2 N–H and O–H groups in total. The summed E-state index contributed by atoms with van der Waals surface area (Å²) in [7, 11) is 1.63. The number of aromatic nitrogens is 1. The van der Waals surface area contributed by atoms with Crippen LogP contribution in [0.5, 0.6) is 5.75 Å². The molecule has 1 unspecified atom stereocenters. The molecule has 128 valence electrons. The Labute approximate surface area is 146 Å². The van der Waals surface area contributed by atoms with Gasteiger partial charge in [0.2, 0.25) is 0 Å². The van der Waals surface area contributed by atoms with E-state index in [1.54, 1.807) is 7.11 Å². The molecule has 2 heterocycles. The van der Waals surface area contributed by atoms with Gasteiger partial charge in [0, 0.05) is 29.9 Å². The van der Waals surface area contributed by atoms with Crippen LogP contribution < -0.4 is 10.1 Å². The van der Waals surface area contributed by atoms with Crippen molar-refractivity contribution in [3.63, 3.8) is 0 Å². The molecule has 2 aromatic carbocycles. The lowest BCUT2D eigenvalue weighted by Gasteiger charge is -2.25. The molecule has 0 radical (unpaired) electrons. The van der Waals surface area contributed by atoms with E-state index in [-0.39, 0.29) is 12.0 Å². The van der Waals surface area contributed by atoms with Gasteiger partial charge in [0.25, 0.3) is 5.91 Å². The monoisotopic (exact) mass is 336 g/mol. The Hall–Kier alpha value is -2.79. The number of carbonyl (C=O) groups excluding carboxylic acids is 1. The lowest BCUT2D eigenvalue weighted by atomic mass is 9.99. The Morgan fingerprint density at radius 1 is 1.24 bits per heavy atom. The predicted octanol–water partition coefficient (Wildman–Crippen LogP) is 3.05. The van der Waals surface area contributed by atoms with Crippen LogP contribution in [-0.4, -0.2) is 30.6 Å². The van der Waals surface area contributed by atoms with Gasteiger partial charge in [-0.3, -0.25) is 4.79 Å². The summed E-state index contributed by atoms with van der Waals surface area (Å²) in [6.45, 7) is 1.09. The van der Waals surface area contributed by atoms with Crippen LogP contribution in [0, 0.1) is 0 Å². The number of amides is 1. The molecule has 3 aromatic rings. The van der Waals surface area contributed by atoms with Gasteiger partial charge in [-0.05, 0) is 29.3 Å². The predicted molar refractivity (Wildman–Crippen MR) is 95.9 cm³/mol. The van der Waals surface area contributed by atoms with Crippen LogP contribution in [-0.2, 0) is 17.8 Å². The van der Waals surface area contributed by atoms with Crippen LogP contribution in [0.25, 0.3) is 10.9 Å². The van der Waals surface area contributed by atoms with Crippen molar-refractivity contribution in [1.29, 1.82) is 0 Å². The number of H-pyrrole nitrogens is 1. The third-order valence-electron chi connectivity index (χ3n) is 4.61. The SMILES string of the molecule is COc1ccc2cc(C(=O)NCC3Cc4ccccc4CO3)[nH]c2c1. The summed E-state index contributed by atoms with van der Waals surface area (Å²) in [6.07, 6.45) is 0.823. The van der Waals surface area contributed by atoms with Gasteiger partial charge in [-0.2, -0.15) is 0 Å². The van der Waals surface area contributed by atoms with Crippen LogP contribution in [0.1, 0.15) is 21.6 Å². The van der Waals surface area contributed by atoms with Crippen molar-refractivity contribution in [3.05, 3.63) is 65.4 Å². The van der Waals surface area contributed by atoms with Crippen molar-refractivity contribution >= 4 is 16.8 Å². The third-order valence-corrected chi connectivity index (χ3v) is 4.61. The van der Waals surface area contributed by atoms with Crippen molar-refractivity contribution in [2.45, 2.75) is 19.1 Å². The number of ether oxygens (including phenoxy) is 2. The maximum absolute atomic E-state index is 12.4. The number of hydrogen-bond acceptors (Lipinski definition) is 3. The lowest BCUT2D eigenvalue weighted by molar-refractivity contribution is 0.0284. The van der Waals surface area contributed by atoms with Crippen molar-refractivity contribution < 1.29 is 14.3 Å². The van der Waals surface area contributed by atoms with Gasteiger partial charge < -0.3 is 19.8 Å². The first-order chi connectivity index (χ1) is 12.2. The van der Waals surface area contributed by atoms with E-state index in [0.717, 1.165) is 23.1 Å². The second kappa shape index (κ2) is 6.61. The molecular weight excluding hydrogens is 316 g/mol. The first kappa shape index (κ1) is 15.7. The summed E-state index contributed by atoms with van der Waals surface area (Å²) >= 11 is 0. The second-order valence-electron chi connectivity index (χ2n) is 6.25. The summed E-state index contributed by atoms with van der Waals surface area (Å²) in [4.78, 5) is 15.6. The Kier molecular flexibility index (Phi) is 4.15. The zero-order chi connectivity index (χ0) is 17.2. The summed E-state index contributed by atoms with van der Waals surface area (Å²) < 4.78 is 11.0. The summed E-state index contributed by atoms with van der Waals surface area (Å²) in [5.41, 5.74) is 3.95. The number of carbonyl (C=O) groups is 1. The smallest absolute Gasteiger partial charge is 0.267 e. The molecule has 0 saturated carbocycles. The first-order valence-electron chi connectivity index (χ1n) is 8.36. The molecule has 1 atom stereocenters. The third kappa shape index (κ3) is 3.23. The zero-order valence-electron chi connectivity index (χ0n) is 14.0. The molecule has 0 fully saturated rings.